The highest BCUT2D eigenvalue weighted by Gasteiger charge is 2.09. The van der Waals surface area contributed by atoms with Crippen molar-refractivity contribution in [3.63, 3.8) is 0 Å². The van der Waals surface area contributed by atoms with Crippen LogP contribution >= 0.6 is 11.8 Å². The van der Waals surface area contributed by atoms with E-state index in [2.05, 4.69) is 6.92 Å². The minimum Gasteiger partial charge on any atom is -0.455 e. The standard InChI is InChI=1S/C10H17N3O2S/c1-7(4-11)5-16-6-8-2-3-9(15-8)10(14)13-12/h2-3,7H,4-6,11-12H2,1H3,(H,13,14). The maximum absolute atomic E-state index is 11.1. The summed E-state index contributed by atoms with van der Waals surface area (Å²) in [6, 6.07) is 3.40. The van der Waals surface area contributed by atoms with Crippen LogP contribution in [0, 0.1) is 5.92 Å². The number of hydrogen-bond acceptors (Lipinski definition) is 5. The second kappa shape index (κ2) is 6.57. The third-order valence-corrected chi connectivity index (χ3v) is 3.36. The van der Waals surface area contributed by atoms with Crippen molar-refractivity contribution < 1.29 is 9.21 Å². The lowest BCUT2D eigenvalue weighted by Gasteiger charge is -2.05. The zero-order valence-electron chi connectivity index (χ0n) is 9.23. The molecule has 1 atom stereocenters. The molecule has 0 saturated heterocycles. The molecule has 0 spiro atoms. The smallest absolute Gasteiger partial charge is 0.300 e. The van der Waals surface area contributed by atoms with Gasteiger partial charge < -0.3 is 10.2 Å². The molecule has 16 heavy (non-hydrogen) atoms. The van der Waals surface area contributed by atoms with Crippen LogP contribution in [-0.2, 0) is 5.75 Å². The van der Waals surface area contributed by atoms with Crippen LogP contribution in [0.2, 0.25) is 0 Å². The summed E-state index contributed by atoms with van der Waals surface area (Å²) in [5.41, 5.74) is 7.53. The number of furan rings is 1. The van der Waals surface area contributed by atoms with E-state index in [4.69, 9.17) is 16.0 Å². The Hall–Kier alpha value is -0.980. The van der Waals surface area contributed by atoms with Crippen LogP contribution in [0.4, 0.5) is 0 Å². The molecule has 0 aromatic carbocycles. The molecule has 1 unspecified atom stereocenters. The average Bonchev–Trinajstić information content (AvgIpc) is 2.76. The first-order valence-electron chi connectivity index (χ1n) is 5.04. The number of thioether (sulfide) groups is 1. The van der Waals surface area contributed by atoms with E-state index in [0.29, 0.717) is 12.5 Å². The lowest BCUT2D eigenvalue weighted by molar-refractivity contribution is 0.0924. The number of carbonyl (C=O) groups excluding carboxylic acids is 1. The lowest BCUT2D eigenvalue weighted by atomic mass is 10.2. The second-order valence-electron chi connectivity index (χ2n) is 3.60. The fraction of sp³-hybridized carbons (Fsp3) is 0.500. The number of nitrogens with one attached hydrogen (secondary N) is 1. The lowest BCUT2D eigenvalue weighted by Crippen LogP contribution is -2.29. The first kappa shape index (κ1) is 13.1. The summed E-state index contributed by atoms with van der Waals surface area (Å²) in [5.74, 6) is 7.81. The van der Waals surface area contributed by atoms with Crippen LogP contribution in [0.3, 0.4) is 0 Å². The van der Waals surface area contributed by atoms with Crippen LogP contribution in [0.15, 0.2) is 16.5 Å². The molecule has 1 rings (SSSR count). The maximum Gasteiger partial charge on any atom is 0.300 e. The first-order valence-corrected chi connectivity index (χ1v) is 6.20. The van der Waals surface area contributed by atoms with Gasteiger partial charge in [-0.2, -0.15) is 11.8 Å². The molecule has 5 N–H and O–H groups in total. The summed E-state index contributed by atoms with van der Waals surface area (Å²) in [6.45, 7) is 2.79. The molecule has 1 aromatic heterocycles. The highest BCUT2D eigenvalue weighted by atomic mass is 32.2. The predicted octanol–water partition coefficient (Wildman–Crippen LogP) is 0.711. The molecule has 0 aliphatic heterocycles. The van der Waals surface area contributed by atoms with E-state index >= 15 is 0 Å². The molecular weight excluding hydrogens is 226 g/mol. The average molecular weight is 243 g/mol. The van der Waals surface area contributed by atoms with Gasteiger partial charge in [-0.15, -0.1) is 0 Å². The Kier molecular flexibility index (Phi) is 5.37. The molecule has 5 nitrogen and oxygen atoms in total. The number of rotatable bonds is 6. The van der Waals surface area contributed by atoms with Gasteiger partial charge >= 0.3 is 5.91 Å². The predicted molar refractivity (Wildman–Crippen MR) is 64.7 cm³/mol. The van der Waals surface area contributed by atoms with Crippen LogP contribution < -0.4 is 17.0 Å². The fourth-order valence-corrected chi connectivity index (χ4v) is 2.09. The molecule has 6 heteroatoms. The van der Waals surface area contributed by atoms with Crippen molar-refractivity contribution in [3.05, 3.63) is 23.7 Å². The molecule has 0 radical (unpaired) electrons. The van der Waals surface area contributed by atoms with Gasteiger partial charge in [0.25, 0.3) is 0 Å². The number of nitrogen functional groups attached to an aromatic ring is 1. The fourth-order valence-electron chi connectivity index (χ4n) is 1.08. The largest absolute Gasteiger partial charge is 0.455 e. The molecule has 1 heterocycles. The van der Waals surface area contributed by atoms with Gasteiger partial charge in [0, 0.05) is 0 Å². The Morgan fingerprint density at radius 1 is 1.62 bits per heavy atom. The SMILES string of the molecule is CC(CN)CSCc1ccc(C(=O)NN)o1. The number of amides is 1. The van der Waals surface area contributed by atoms with E-state index in [1.54, 1.807) is 23.9 Å². The Bertz CT molecular complexity index is 341. The van der Waals surface area contributed by atoms with Gasteiger partial charge in [-0.1, -0.05) is 6.92 Å². The molecule has 0 aliphatic rings. The van der Waals surface area contributed by atoms with E-state index in [1.807, 2.05) is 5.43 Å². The Balaban J connectivity index is 2.38. The van der Waals surface area contributed by atoms with Crippen molar-refractivity contribution in [1.29, 1.82) is 0 Å². The van der Waals surface area contributed by atoms with Crippen molar-refractivity contribution in [2.24, 2.45) is 17.5 Å². The normalized spacial score (nSPS) is 12.4. The van der Waals surface area contributed by atoms with Gasteiger partial charge in [0.05, 0.1) is 5.75 Å². The Morgan fingerprint density at radius 3 is 3.00 bits per heavy atom. The highest BCUT2D eigenvalue weighted by Crippen LogP contribution is 2.17. The topological polar surface area (TPSA) is 94.3 Å². The molecule has 0 fully saturated rings. The van der Waals surface area contributed by atoms with Crippen molar-refractivity contribution in [2.75, 3.05) is 12.3 Å². The van der Waals surface area contributed by atoms with Crippen LogP contribution in [0.1, 0.15) is 23.2 Å². The van der Waals surface area contributed by atoms with Crippen LogP contribution in [-0.4, -0.2) is 18.2 Å². The van der Waals surface area contributed by atoms with E-state index in [9.17, 15) is 4.79 Å². The zero-order valence-corrected chi connectivity index (χ0v) is 10.0. The van der Waals surface area contributed by atoms with Crippen molar-refractivity contribution in [2.45, 2.75) is 12.7 Å². The zero-order chi connectivity index (χ0) is 12.0. The van der Waals surface area contributed by atoms with E-state index in [1.165, 1.54) is 0 Å². The van der Waals surface area contributed by atoms with Crippen LogP contribution in [0.5, 0.6) is 0 Å². The Labute approximate surface area is 98.9 Å². The first-order chi connectivity index (χ1) is 7.67. The minimum atomic E-state index is -0.411. The monoisotopic (exact) mass is 243 g/mol. The van der Waals surface area contributed by atoms with E-state index in [0.717, 1.165) is 17.3 Å². The van der Waals surface area contributed by atoms with Gasteiger partial charge in [0.2, 0.25) is 0 Å². The number of hydrogen-bond donors (Lipinski definition) is 3. The summed E-state index contributed by atoms with van der Waals surface area (Å²) in [6.07, 6.45) is 0. The number of carbonyl (C=O) groups is 1. The Morgan fingerprint density at radius 2 is 2.38 bits per heavy atom. The van der Waals surface area contributed by atoms with Gasteiger partial charge in [0.15, 0.2) is 5.76 Å². The third-order valence-electron chi connectivity index (χ3n) is 2.07. The van der Waals surface area contributed by atoms with Gasteiger partial charge in [0.1, 0.15) is 5.76 Å². The molecule has 1 aromatic rings. The summed E-state index contributed by atoms with van der Waals surface area (Å²) in [5, 5.41) is 0. The quantitative estimate of drug-likeness (QED) is 0.388. The summed E-state index contributed by atoms with van der Waals surface area (Å²) in [4.78, 5) is 11.1. The maximum atomic E-state index is 11.1. The van der Waals surface area contributed by atoms with Gasteiger partial charge in [-0.05, 0) is 30.3 Å². The molecule has 0 saturated carbocycles. The summed E-state index contributed by atoms with van der Waals surface area (Å²) >= 11 is 1.73. The molecule has 0 aliphatic carbocycles. The molecule has 0 bridgehead atoms. The number of hydrazine groups is 1. The minimum absolute atomic E-state index is 0.241. The second-order valence-corrected chi connectivity index (χ2v) is 4.63. The van der Waals surface area contributed by atoms with Crippen molar-refractivity contribution >= 4 is 17.7 Å². The third kappa shape index (κ3) is 3.88. The van der Waals surface area contributed by atoms with Crippen molar-refractivity contribution in [1.82, 2.24) is 5.43 Å². The molecular formula is C10H17N3O2S. The van der Waals surface area contributed by atoms with E-state index < -0.39 is 5.91 Å². The van der Waals surface area contributed by atoms with Crippen LogP contribution in [0.25, 0.3) is 0 Å². The highest BCUT2D eigenvalue weighted by molar-refractivity contribution is 7.98. The molecule has 1 amide bonds. The summed E-state index contributed by atoms with van der Waals surface area (Å²) < 4.78 is 5.31. The number of nitrogens with two attached hydrogens (primary N) is 2. The van der Waals surface area contributed by atoms with Gasteiger partial charge in [-0.3, -0.25) is 10.2 Å². The van der Waals surface area contributed by atoms with E-state index in [-0.39, 0.29) is 5.76 Å². The van der Waals surface area contributed by atoms with Gasteiger partial charge in [-0.25, -0.2) is 5.84 Å². The summed E-state index contributed by atoms with van der Waals surface area (Å²) in [7, 11) is 0. The van der Waals surface area contributed by atoms with Crippen molar-refractivity contribution in [3.8, 4) is 0 Å². The molecule has 90 valence electrons.